The molecule has 1 aliphatic heterocycles. The molecule has 8 nitrogen and oxygen atoms in total. The number of hydrogen-bond acceptors (Lipinski definition) is 6. The molecule has 1 aromatic heterocycles. The summed E-state index contributed by atoms with van der Waals surface area (Å²) in [5.41, 5.74) is -2.47. The van der Waals surface area contributed by atoms with Crippen LogP contribution in [0.1, 0.15) is 12.6 Å². The lowest BCUT2D eigenvalue weighted by Crippen LogP contribution is -2.75. The minimum atomic E-state index is -9.06. The van der Waals surface area contributed by atoms with E-state index in [0.717, 1.165) is 0 Å². The first-order valence-corrected chi connectivity index (χ1v) is 11.7. The fraction of sp³-hybridized carbons (Fsp3) is 0.800. The van der Waals surface area contributed by atoms with Gasteiger partial charge in [0.15, 0.2) is 6.23 Å². The average Bonchev–Trinajstić information content (AvgIpc) is 3.21. The van der Waals surface area contributed by atoms with E-state index in [9.17, 15) is 103 Å². The number of ether oxygens (including phenoxy) is 2. The highest BCUT2D eigenvalue weighted by molar-refractivity contribution is 5.16. The molecule has 1 aliphatic rings. The van der Waals surface area contributed by atoms with E-state index in [0.29, 0.717) is 16.8 Å². The summed E-state index contributed by atoms with van der Waals surface area (Å²) >= 11 is 0. The van der Waals surface area contributed by atoms with Gasteiger partial charge in [-0.25, -0.2) is 4.79 Å². The van der Waals surface area contributed by atoms with Crippen molar-refractivity contribution in [2.45, 2.75) is 84.5 Å². The molecule has 0 aromatic carbocycles. The Bertz CT molecular complexity index is 1390. The van der Waals surface area contributed by atoms with E-state index in [4.69, 9.17) is 4.74 Å². The highest BCUT2D eigenvalue weighted by atomic mass is 19.4. The second kappa shape index (κ2) is 12.0. The average molecular weight is 740 g/mol. The summed E-state index contributed by atoms with van der Waals surface area (Å²) in [7, 11) is 0. The van der Waals surface area contributed by atoms with Crippen molar-refractivity contribution < 1.29 is 103 Å². The van der Waals surface area contributed by atoms with E-state index < -0.39 is 109 Å². The Morgan fingerprint density at radius 3 is 1.55 bits per heavy atom. The standard InChI is InChI=1S/C20H15F19N2O6/c21-12(22,2-4-46-9-8(44)6(5-42)47-10(9)41-3-1-7(43)40-11(41)45)13(23,24)14(25,26)15(27,28)16(29,30)17(31,32)18(33,34)19(35,36)20(37,38)39/h1,3,6,8-10,42,44H,2,4-5H2,(H,40,43,45)/t6-,8?,9?,10-/m1/s1. The Morgan fingerprint density at radius 1 is 0.723 bits per heavy atom. The maximum Gasteiger partial charge on any atom is 0.460 e. The number of rotatable bonds is 13. The lowest BCUT2D eigenvalue weighted by atomic mass is 9.87. The highest BCUT2D eigenvalue weighted by Crippen LogP contribution is 2.65. The van der Waals surface area contributed by atoms with Gasteiger partial charge in [-0.15, -0.1) is 0 Å². The van der Waals surface area contributed by atoms with Gasteiger partial charge in [0.05, 0.1) is 13.2 Å². The van der Waals surface area contributed by atoms with Crippen LogP contribution in [0, 0.1) is 0 Å². The molecule has 2 heterocycles. The van der Waals surface area contributed by atoms with Crippen molar-refractivity contribution in [1.29, 1.82) is 0 Å². The number of H-pyrrole nitrogens is 1. The Balaban J connectivity index is 2.43. The number of alkyl halides is 19. The summed E-state index contributed by atoms with van der Waals surface area (Å²) in [5.74, 6) is -67.8. The first kappa shape index (κ1) is 40.4. The highest BCUT2D eigenvalue weighted by Gasteiger charge is 2.96. The fourth-order valence-corrected chi connectivity index (χ4v) is 3.77. The van der Waals surface area contributed by atoms with E-state index in [1.54, 1.807) is 4.98 Å². The second-order valence-electron chi connectivity index (χ2n) is 9.56. The van der Waals surface area contributed by atoms with Crippen LogP contribution in [0.4, 0.5) is 83.4 Å². The second-order valence-corrected chi connectivity index (χ2v) is 9.56. The molecule has 1 fully saturated rings. The van der Waals surface area contributed by atoms with E-state index in [2.05, 4.69) is 4.74 Å². The van der Waals surface area contributed by atoms with E-state index >= 15 is 0 Å². The number of nitrogens with one attached hydrogen (secondary N) is 1. The number of halogens is 19. The minimum Gasteiger partial charge on any atom is -0.394 e. The summed E-state index contributed by atoms with van der Waals surface area (Å²) in [5, 5.41) is 19.3. The van der Waals surface area contributed by atoms with Crippen LogP contribution in [-0.4, -0.2) is 105 Å². The molecule has 2 unspecified atom stereocenters. The molecule has 0 saturated carbocycles. The van der Waals surface area contributed by atoms with Gasteiger partial charge in [0.25, 0.3) is 5.56 Å². The number of hydrogen-bond donors (Lipinski definition) is 3. The zero-order valence-corrected chi connectivity index (χ0v) is 21.7. The van der Waals surface area contributed by atoms with Gasteiger partial charge >= 0.3 is 59.2 Å². The molecule has 0 amide bonds. The van der Waals surface area contributed by atoms with Crippen molar-refractivity contribution >= 4 is 0 Å². The third-order valence-electron chi connectivity index (χ3n) is 6.53. The molecular weight excluding hydrogens is 725 g/mol. The van der Waals surface area contributed by atoms with Crippen molar-refractivity contribution in [1.82, 2.24) is 9.55 Å². The minimum absolute atomic E-state index is 0.312. The lowest BCUT2D eigenvalue weighted by molar-refractivity contribution is -0.468. The van der Waals surface area contributed by atoms with Crippen LogP contribution in [0.5, 0.6) is 0 Å². The number of aliphatic hydroxyl groups is 2. The summed E-state index contributed by atoms with van der Waals surface area (Å²) in [4.78, 5) is 24.8. The van der Waals surface area contributed by atoms with E-state index in [1.807, 2.05) is 0 Å². The first-order chi connectivity index (χ1) is 20.7. The first-order valence-electron chi connectivity index (χ1n) is 11.7. The van der Waals surface area contributed by atoms with Gasteiger partial charge in [-0.05, 0) is 0 Å². The quantitative estimate of drug-likeness (QED) is 0.262. The number of nitrogens with zero attached hydrogens (tertiary/aromatic N) is 1. The SMILES string of the molecule is O=c1ccn([C@@H]2O[C@H](CO)C(O)C2OCCC(F)(F)C(F)(F)C(F)(F)C(F)(F)C(F)(F)C(F)(F)C(F)(F)C(F)(F)C(F)(F)F)c(=O)[nH]1. The van der Waals surface area contributed by atoms with Crippen LogP contribution >= 0.6 is 0 Å². The maximum atomic E-state index is 14.2. The Hall–Kier alpha value is -2.81. The van der Waals surface area contributed by atoms with Crippen molar-refractivity contribution in [2.24, 2.45) is 0 Å². The third-order valence-corrected chi connectivity index (χ3v) is 6.53. The van der Waals surface area contributed by atoms with Crippen molar-refractivity contribution in [3.8, 4) is 0 Å². The van der Waals surface area contributed by atoms with Crippen LogP contribution < -0.4 is 11.2 Å². The molecule has 0 spiro atoms. The van der Waals surface area contributed by atoms with Crippen LogP contribution in [0.25, 0.3) is 0 Å². The summed E-state index contributed by atoms with van der Waals surface area (Å²) in [6.45, 7) is -3.34. The zero-order chi connectivity index (χ0) is 37.2. The molecule has 274 valence electrons. The van der Waals surface area contributed by atoms with Crippen molar-refractivity contribution in [3.05, 3.63) is 33.1 Å². The molecule has 3 N–H and O–H groups in total. The van der Waals surface area contributed by atoms with Crippen molar-refractivity contribution in [3.63, 3.8) is 0 Å². The van der Waals surface area contributed by atoms with Gasteiger partial charge in [0, 0.05) is 18.7 Å². The summed E-state index contributed by atoms with van der Waals surface area (Å²) in [6.07, 6.45) is -18.8. The largest absolute Gasteiger partial charge is 0.460 e. The summed E-state index contributed by atoms with van der Waals surface area (Å²) in [6, 6.07) is 0.594. The Labute approximate surface area is 244 Å². The summed E-state index contributed by atoms with van der Waals surface area (Å²) < 4.78 is 266. The van der Waals surface area contributed by atoms with Gasteiger partial charge in [0.2, 0.25) is 0 Å². The molecule has 4 atom stereocenters. The number of aromatic amines is 1. The van der Waals surface area contributed by atoms with E-state index in [1.165, 1.54) is 0 Å². The van der Waals surface area contributed by atoms with Gasteiger partial charge in [-0.2, -0.15) is 83.4 Å². The smallest absolute Gasteiger partial charge is 0.394 e. The van der Waals surface area contributed by atoms with Crippen molar-refractivity contribution in [2.75, 3.05) is 13.2 Å². The predicted octanol–water partition coefficient (Wildman–Crippen LogP) is 4.21. The molecule has 1 saturated heterocycles. The molecule has 47 heavy (non-hydrogen) atoms. The van der Waals surface area contributed by atoms with Crippen LogP contribution in [0.15, 0.2) is 21.9 Å². The van der Waals surface area contributed by atoms with Crippen LogP contribution in [0.3, 0.4) is 0 Å². The monoisotopic (exact) mass is 740 g/mol. The predicted molar refractivity (Wildman–Crippen MR) is 108 cm³/mol. The third kappa shape index (κ3) is 5.93. The molecule has 0 aliphatic carbocycles. The number of aromatic nitrogens is 2. The lowest BCUT2D eigenvalue weighted by Gasteiger charge is -2.43. The van der Waals surface area contributed by atoms with E-state index in [-0.39, 0.29) is 0 Å². The van der Waals surface area contributed by atoms with Crippen LogP contribution in [-0.2, 0) is 9.47 Å². The molecule has 1 aromatic rings. The number of aliphatic hydroxyl groups excluding tert-OH is 2. The molecule has 27 heteroatoms. The van der Waals surface area contributed by atoms with Gasteiger partial charge in [-0.1, -0.05) is 0 Å². The zero-order valence-electron chi connectivity index (χ0n) is 21.7. The molecule has 0 bridgehead atoms. The van der Waals surface area contributed by atoms with Gasteiger partial charge in [0.1, 0.15) is 18.3 Å². The molecule has 2 rings (SSSR count). The molecular formula is C20H15F19N2O6. The van der Waals surface area contributed by atoms with Gasteiger partial charge in [-0.3, -0.25) is 14.3 Å². The van der Waals surface area contributed by atoms with Crippen LogP contribution in [0.2, 0.25) is 0 Å². The topological polar surface area (TPSA) is 114 Å². The Kier molecular flexibility index (Phi) is 10.3. The maximum absolute atomic E-state index is 14.2. The normalized spacial score (nSPS) is 23.0. The fourth-order valence-electron chi connectivity index (χ4n) is 3.77. The Morgan fingerprint density at radius 2 is 1.15 bits per heavy atom. The van der Waals surface area contributed by atoms with Gasteiger partial charge < -0.3 is 19.7 Å². The molecule has 0 radical (unpaired) electrons.